The summed E-state index contributed by atoms with van der Waals surface area (Å²) in [6, 6.07) is -0.859. The van der Waals surface area contributed by atoms with Gasteiger partial charge < -0.3 is 16.3 Å². The van der Waals surface area contributed by atoms with Gasteiger partial charge in [0.15, 0.2) is 0 Å². The second-order valence-corrected chi connectivity index (χ2v) is 3.61. The Morgan fingerprint density at radius 2 is 1.88 bits per heavy atom. The molecule has 1 rings (SSSR count). The molecule has 0 aromatic rings. The minimum atomic E-state index is -0.859. The van der Waals surface area contributed by atoms with Crippen LogP contribution in [-0.2, 0) is 19.2 Å². The first-order chi connectivity index (χ1) is 8.06. The van der Waals surface area contributed by atoms with Gasteiger partial charge >= 0.3 is 5.97 Å². The molecular formula is C10H15N3O4. The van der Waals surface area contributed by atoms with Crippen molar-refractivity contribution in [2.45, 2.75) is 25.3 Å². The molecule has 0 saturated carbocycles. The molecule has 0 aromatic heterocycles. The highest BCUT2D eigenvalue weighted by molar-refractivity contribution is 6.12. The fourth-order valence-corrected chi connectivity index (χ4v) is 1.26. The Bertz CT molecular complexity index is 335. The second-order valence-electron chi connectivity index (χ2n) is 3.61. The number of carbonyl (C=O) groups is 3. The van der Waals surface area contributed by atoms with Crippen LogP contribution in [0.15, 0.2) is 12.2 Å². The SMILES string of the molecule is NCCCC[C@H](N)C(=O)ON1C(=O)C=CC1=O. The molecule has 1 atom stereocenters. The second kappa shape index (κ2) is 6.12. The first kappa shape index (κ1) is 13.3. The van der Waals surface area contributed by atoms with Gasteiger partial charge in [-0.25, -0.2) is 4.79 Å². The topological polar surface area (TPSA) is 116 Å². The molecule has 7 heteroatoms. The van der Waals surface area contributed by atoms with Gasteiger partial charge in [0, 0.05) is 12.2 Å². The summed E-state index contributed by atoms with van der Waals surface area (Å²) in [7, 11) is 0. The van der Waals surface area contributed by atoms with Crippen molar-refractivity contribution in [3.8, 4) is 0 Å². The van der Waals surface area contributed by atoms with Crippen molar-refractivity contribution >= 4 is 17.8 Å². The molecule has 0 spiro atoms. The lowest BCUT2D eigenvalue weighted by atomic mass is 10.1. The number of unbranched alkanes of at least 4 members (excludes halogenated alkanes) is 1. The minimum absolute atomic E-state index is 0.394. The van der Waals surface area contributed by atoms with Gasteiger partial charge in [-0.15, -0.1) is 0 Å². The molecule has 1 heterocycles. The number of rotatable bonds is 6. The van der Waals surface area contributed by atoms with Crippen LogP contribution in [-0.4, -0.2) is 35.4 Å². The molecule has 4 N–H and O–H groups in total. The Kier molecular flexibility index (Phi) is 4.80. The molecule has 0 bridgehead atoms. The third kappa shape index (κ3) is 3.65. The molecule has 94 valence electrons. The van der Waals surface area contributed by atoms with Crippen LogP contribution >= 0.6 is 0 Å². The van der Waals surface area contributed by atoms with Crippen LogP contribution in [0.4, 0.5) is 0 Å². The van der Waals surface area contributed by atoms with E-state index in [-0.39, 0.29) is 0 Å². The lowest BCUT2D eigenvalue weighted by Crippen LogP contribution is -2.40. The van der Waals surface area contributed by atoms with Crippen molar-refractivity contribution in [3.05, 3.63) is 12.2 Å². The number of nitrogens with two attached hydrogens (primary N) is 2. The van der Waals surface area contributed by atoms with E-state index in [2.05, 4.69) is 4.84 Å². The predicted molar refractivity (Wildman–Crippen MR) is 58.0 cm³/mol. The van der Waals surface area contributed by atoms with Crippen LogP contribution in [0.2, 0.25) is 0 Å². The summed E-state index contributed by atoms with van der Waals surface area (Å²) in [5.41, 5.74) is 10.8. The Labute approximate surface area is 98.3 Å². The summed E-state index contributed by atoms with van der Waals surface area (Å²) in [5.74, 6) is -2.16. The standard InChI is InChI=1S/C10H15N3O4/c11-6-2-1-3-7(12)10(16)17-13-8(14)4-5-9(13)15/h4-5,7H,1-3,6,11-12H2/t7-/m0/s1. The summed E-state index contributed by atoms with van der Waals surface area (Å²) in [6.07, 6.45) is 3.89. The summed E-state index contributed by atoms with van der Waals surface area (Å²) < 4.78 is 0. The van der Waals surface area contributed by atoms with E-state index in [0.29, 0.717) is 24.4 Å². The molecule has 0 fully saturated rings. The fraction of sp³-hybridized carbons (Fsp3) is 0.500. The molecule has 0 saturated heterocycles. The zero-order chi connectivity index (χ0) is 12.8. The van der Waals surface area contributed by atoms with E-state index < -0.39 is 23.8 Å². The average molecular weight is 241 g/mol. The largest absolute Gasteiger partial charge is 0.349 e. The number of carbonyl (C=O) groups excluding carboxylic acids is 3. The quantitative estimate of drug-likeness (QED) is 0.447. The van der Waals surface area contributed by atoms with E-state index in [1.807, 2.05) is 0 Å². The van der Waals surface area contributed by atoms with Crippen LogP contribution in [0.1, 0.15) is 19.3 Å². The number of amides is 2. The summed E-state index contributed by atoms with van der Waals surface area (Å²) in [4.78, 5) is 38.2. The monoisotopic (exact) mass is 241 g/mol. The molecule has 17 heavy (non-hydrogen) atoms. The maximum atomic E-state index is 11.4. The van der Waals surface area contributed by atoms with E-state index >= 15 is 0 Å². The van der Waals surface area contributed by atoms with Crippen LogP contribution in [0.3, 0.4) is 0 Å². The van der Waals surface area contributed by atoms with Crippen molar-refractivity contribution in [2.75, 3.05) is 6.54 Å². The van der Waals surface area contributed by atoms with E-state index in [1.165, 1.54) is 0 Å². The van der Waals surface area contributed by atoms with E-state index in [0.717, 1.165) is 18.6 Å². The highest BCUT2D eigenvalue weighted by Gasteiger charge is 2.29. The van der Waals surface area contributed by atoms with Crippen molar-refractivity contribution in [1.82, 2.24) is 5.06 Å². The summed E-state index contributed by atoms with van der Waals surface area (Å²) in [5, 5.41) is 0.394. The molecule has 2 amide bonds. The van der Waals surface area contributed by atoms with Crippen molar-refractivity contribution in [1.29, 1.82) is 0 Å². The van der Waals surface area contributed by atoms with Gasteiger partial charge in [0.25, 0.3) is 11.8 Å². The maximum absolute atomic E-state index is 11.4. The molecule has 0 unspecified atom stereocenters. The number of imide groups is 1. The molecule has 1 aliphatic heterocycles. The maximum Gasteiger partial charge on any atom is 0.349 e. The van der Waals surface area contributed by atoms with Crippen molar-refractivity contribution in [3.63, 3.8) is 0 Å². The van der Waals surface area contributed by atoms with Gasteiger partial charge in [0.1, 0.15) is 6.04 Å². The Morgan fingerprint density at radius 1 is 1.29 bits per heavy atom. The lowest BCUT2D eigenvalue weighted by Gasteiger charge is -2.15. The fourth-order valence-electron chi connectivity index (χ4n) is 1.26. The molecule has 0 radical (unpaired) electrons. The van der Waals surface area contributed by atoms with Gasteiger partial charge in [-0.3, -0.25) is 9.59 Å². The number of hydroxylamine groups is 2. The third-order valence-corrected chi connectivity index (χ3v) is 2.22. The number of hydrogen-bond donors (Lipinski definition) is 2. The Morgan fingerprint density at radius 3 is 2.41 bits per heavy atom. The third-order valence-electron chi connectivity index (χ3n) is 2.22. The first-order valence-electron chi connectivity index (χ1n) is 5.30. The summed E-state index contributed by atoms with van der Waals surface area (Å²) in [6.45, 7) is 0.523. The zero-order valence-corrected chi connectivity index (χ0v) is 9.30. The van der Waals surface area contributed by atoms with Crippen LogP contribution < -0.4 is 11.5 Å². The Balaban J connectivity index is 2.38. The Hall–Kier alpha value is -1.73. The molecular weight excluding hydrogens is 226 g/mol. The smallest absolute Gasteiger partial charge is 0.330 e. The molecule has 1 aliphatic rings. The van der Waals surface area contributed by atoms with E-state index in [9.17, 15) is 14.4 Å². The predicted octanol–water partition coefficient (Wildman–Crippen LogP) is -1.17. The average Bonchev–Trinajstić information content (AvgIpc) is 2.61. The lowest BCUT2D eigenvalue weighted by molar-refractivity contribution is -0.197. The van der Waals surface area contributed by atoms with E-state index in [1.54, 1.807) is 0 Å². The van der Waals surface area contributed by atoms with Gasteiger partial charge in [-0.05, 0) is 19.4 Å². The van der Waals surface area contributed by atoms with Gasteiger partial charge in [-0.2, -0.15) is 0 Å². The minimum Gasteiger partial charge on any atom is -0.330 e. The number of nitrogens with zero attached hydrogens (tertiary/aromatic N) is 1. The number of hydrogen-bond acceptors (Lipinski definition) is 6. The highest BCUT2D eigenvalue weighted by atomic mass is 16.7. The molecule has 0 aromatic carbocycles. The van der Waals surface area contributed by atoms with E-state index in [4.69, 9.17) is 11.5 Å². The first-order valence-corrected chi connectivity index (χ1v) is 5.30. The summed E-state index contributed by atoms with van der Waals surface area (Å²) >= 11 is 0. The molecule has 0 aliphatic carbocycles. The van der Waals surface area contributed by atoms with Crippen molar-refractivity contribution in [2.24, 2.45) is 11.5 Å². The van der Waals surface area contributed by atoms with Gasteiger partial charge in [-0.1, -0.05) is 11.5 Å². The van der Waals surface area contributed by atoms with Crippen LogP contribution in [0.5, 0.6) is 0 Å². The van der Waals surface area contributed by atoms with Gasteiger partial charge in [0.05, 0.1) is 0 Å². The van der Waals surface area contributed by atoms with Crippen LogP contribution in [0, 0.1) is 0 Å². The van der Waals surface area contributed by atoms with Crippen molar-refractivity contribution < 1.29 is 19.2 Å². The molecule has 7 nitrogen and oxygen atoms in total. The van der Waals surface area contributed by atoms with Crippen LogP contribution in [0.25, 0.3) is 0 Å². The van der Waals surface area contributed by atoms with Gasteiger partial charge in [0.2, 0.25) is 0 Å². The normalized spacial score (nSPS) is 16.5. The zero-order valence-electron chi connectivity index (χ0n) is 9.30. The highest BCUT2D eigenvalue weighted by Crippen LogP contribution is 2.07.